The number of rotatable bonds is 1. The minimum absolute atomic E-state index is 0.102. The number of carbonyl (C=O) groups excluding carboxylic acids is 1. The molecule has 102 valence electrons. The number of hydrogen-bond donors (Lipinski definition) is 1. The van der Waals surface area contributed by atoms with Crippen molar-refractivity contribution in [2.45, 2.75) is 50.8 Å². The molecule has 2 heterocycles. The number of fused-ring (bicyclic) bond motifs is 2. The molecule has 2 unspecified atom stereocenters. The summed E-state index contributed by atoms with van der Waals surface area (Å²) in [6.07, 6.45) is 3.33. The van der Waals surface area contributed by atoms with Gasteiger partial charge in [-0.15, -0.1) is 0 Å². The lowest BCUT2D eigenvalue weighted by molar-refractivity contribution is -0.000828. The molecule has 5 heteroatoms. The third kappa shape index (κ3) is 2.36. The van der Waals surface area contributed by atoms with Crippen LogP contribution in [0, 0.1) is 0 Å². The van der Waals surface area contributed by atoms with Gasteiger partial charge in [-0.25, -0.2) is 9.18 Å². The summed E-state index contributed by atoms with van der Waals surface area (Å²) < 4.78 is 18.0. The molecule has 4 nitrogen and oxygen atoms in total. The van der Waals surface area contributed by atoms with Crippen LogP contribution in [0.5, 0.6) is 0 Å². The van der Waals surface area contributed by atoms with Crippen LogP contribution >= 0.6 is 0 Å². The lowest BCUT2D eigenvalue weighted by atomic mass is 9.96. The van der Waals surface area contributed by atoms with E-state index in [1.807, 2.05) is 20.8 Å². The molecule has 2 saturated heterocycles. The monoisotopic (exact) mass is 256 g/mol. The predicted octanol–water partition coefficient (Wildman–Crippen LogP) is 2.21. The van der Waals surface area contributed by atoms with Crippen LogP contribution in [0.4, 0.5) is 9.18 Å². The quantitative estimate of drug-likeness (QED) is 0.782. The molecular formula is C13H21FN2O2. The Morgan fingerprint density at radius 2 is 2.28 bits per heavy atom. The van der Waals surface area contributed by atoms with Gasteiger partial charge in [0.1, 0.15) is 5.60 Å². The molecule has 2 bridgehead atoms. The maximum absolute atomic E-state index is 12.6. The Labute approximate surface area is 107 Å². The van der Waals surface area contributed by atoms with Crippen molar-refractivity contribution in [3.05, 3.63) is 12.4 Å². The van der Waals surface area contributed by atoms with E-state index in [1.54, 1.807) is 4.90 Å². The van der Waals surface area contributed by atoms with E-state index in [0.717, 1.165) is 19.4 Å². The number of hydrogen-bond acceptors (Lipinski definition) is 3. The second kappa shape index (κ2) is 4.53. The number of nitrogens with one attached hydrogen (secondary N) is 1. The van der Waals surface area contributed by atoms with Crippen LogP contribution in [0.15, 0.2) is 12.4 Å². The van der Waals surface area contributed by atoms with Gasteiger partial charge in [0.2, 0.25) is 0 Å². The summed E-state index contributed by atoms with van der Waals surface area (Å²) in [4.78, 5) is 14.0. The van der Waals surface area contributed by atoms with Crippen LogP contribution in [0.1, 0.15) is 33.6 Å². The number of carbonyl (C=O) groups is 1. The second-order valence-electron chi connectivity index (χ2n) is 6.07. The minimum Gasteiger partial charge on any atom is -0.444 e. The highest BCUT2D eigenvalue weighted by Gasteiger charge is 2.51. The summed E-state index contributed by atoms with van der Waals surface area (Å²) in [7, 11) is 0. The number of nitrogens with zero attached hydrogens (tertiary/aromatic N) is 1. The van der Waals surface area contributed by atoms with E-state index >= 15 is 0 Å². The number of ether oxygens (including phenoxy) is 1. The molecule has 2 fully saturated rings. The molecule has 0 spiro atoms. The summed E-state index contributed by atoms with van der Waals surface area (Å²) in [6.45, 7) is 6.86. The lowest BCUT2D eigenvalue weighted by Crippen LogP contribution is -2.62. The zero-order valence-electron chi connectivity index (χ0n) is 11.2. The fourth-order valence-corrected chi connectivity index (χ4v) is 2.83. The summed E-state index contributed by atoms with van der Waals surface area (Å²) in [5.41, 5.74) is -1.08. The zero-order chi connectivity index (χ0) is 13.4. The molecule has 2 rings (SSSR count). The van der Waals surface area contributed by atoms with Crippen molar-refractivity contribution < 1.29 is 13.9 Å². The molecule has 2 atom stereocenters. The third-order valence-electron chi connectivity index (χ3n) is 3.53. The summed E-state index contributed by atoms with van der Waals surface area (Å²) in [5, 5.41) is 3.25. The Hall–Kier alpha value is -1.10. The fourth-order valence-electron chi connectivity index (χ4n) is 2.83. The first-order chi connectivity index (χ1) is 8.38. The standard InChI is InChI=1S/C13H21FN2O2/c1-12(2,3)18-11(17)16-10-4-5-13(16,6-7-14)9-15-8-10/h6-7,10,15H,4-5,8-9H2,1-3H3. The molecule has 0 aromatic rings. The van der Waals surface area contributed by atoms with E-state index < -0.39 is 11.1 Å². The summed E-state index contributed by atoms with van der Waals surface area (Å²) in [6, 6.07) is 0.102. The molecular weight excluding hydrogens is 235 g/mol. The zero-order valence-corrected chi connectivity index (χ0v) is 11.2. The van der Waals surface area contributed by atoms with Gasteiger partial charge in [-0.1, -0.05) is 0 Å². The molecule has 0 radical (unpaired) electrons. The topological polar surface area (TPSA) is 41.6 Å². The van der Waals surface area contributed by atoms with Crippen molar-refractivity contribution in [2.75, 3.05) is 13.1 Å². The van der Waals surface area contributed by atoms with E-state index in [4.69, 9.17) is 4.74 Å². The average molecular weight is 256 g/mol. The van der Waals surface area contributed by atoms with E-state index in [-0.39, 0.29) is 12.1 Å². The first kappa shape index (κ1) is 13.3. The Morgan fingerprint density at radius 3 is 2.89 bits per heavy atom. The molecule has 1 amide bonds. The van der Waals surface area contributed by atoms with Crippen LogP contribution in [0.3, 0.4) is 0 Å². The molecule has 0 saturated carbocycles. The van der Waals surface area contributed by atoms with E-state index in [2.05, 4.69) is 5.32 Å². The Balaban J connectivity index is 2.22. The van der Waals surface area contributed by atoms with E-state index in [9.17, 15) is 9.18 Å². The number of halogens is 1. The van der Waals surface area contributed by atoms with Gasteiger partial charge in [-0.3, -0.25) is 4.90 Å². The van der Waals surface area contributed by atoms with Gasteiger partial charge >= 0.3 is 6.09 Å². The molecule has 2 aliphatic heterocycles. The first-order valence-electron chi connectivity index (χ1n) is 6.39. The predicted molar refractivity (Wildman–Crippen MR) is 66.9 cm³/mol. The smallest absolute Gasteiger partial charge is 0.411 e. The fraction of sp³-hybridized carbons (Fsp3) is 0.769. The second-order valence-corrected chi connectivity index (χ2v) is 6.07. The van der Waals surface area contributed by atoms with Crippen molar-refractivity contribution in [1.29, 1.82) is 0 Å². The first-order valence-corrected chi connectivity index (χ1v) is 6.39. The third-order valence-corrected chi connectivity index (χ3v) is 3.53. The molecule has 2 aliphatic rings. The number of piperazine rings is 1. The number of amides is 1. The summed E-state index contributed by atoms with van der Waals surface area (Å²) >= 11 is 0. The van der Waals surface area contributed by atoms with Crippen molar-refractivity contribution in [3.63, 3.8) is 0 Å². The van der Waals surface area contributed by atoms with Gasteiger partial charge in [0.05, 0.1) is 11.9 Å². The largest absolute Gasteiger partial charge is 0.444 e. The van der Waals surface area contributed by atoms with Crippen LogP contribution < -0.4 is 5.32 Å². The van der Waals surface area contributed by atoms with Gasteiger partial charge in [0, 0.05) is 19.1 Å². The Bertz CT molecular complexity index is 360. The molecule has 18 heavy (non-hydrogen) atoms. The highest BCUT2D eigenvalue weighted by atomic mass is 19.1. The van der Waals surface area contributed by atoms with Crippen molar-refractivity contribution in [1.82, 2.24) is 10.2 Å². The SMILES string of the molecule is CC(C)(C)OC(=O)N1C2CCC1(C=CF)CNC2. The van der Waals surface area contributed by atoms with Crippen LogP contribution in [0.25, 0.3) is 0 Å². The maximum Gasteiger partial charge on any atom is 0.411 e. The Kier molecular flexibility index (Phi) is 3.36. The van der Waals surface area contributed by atoms with Crippen molar-refractivity contribution in [3.8, 4) is 0 Å². The highest BCUT2D eigenvalue weighted by Crippen LogP contribution is 2.38. The van der Waals surface area contributed by atoms with Crippen LogP contribution in [0.2, 0.25) is 0 Å². The molecule has 1 N–H and O–H groups in total. The molecule has 0 aromatic heterocycles. The molecule has 0 aromatic carbocycles. The van der Waals surface area contributed by atoms with Gasteiger partial charge in [0.25, 0.3) is 0 Å². The summed E-state index contributed by atoms with van der Waals surface area (Å²) in [5.74, 6) is 0. The van der Waals surface area contributed by atoms with Crippen LogP contribution in [-0.2, 0) is 4.74 Å². The minimum atomic E-state index is -0.556. The highest BCUT2D eigenvalue weighted by molar-refractivity contribution is 5.71. The lowest BCUT2D eigenvalue weighted by Gasteiger charge is -2.43. The molecule has 0 aliphatic carbocycles. The Morgan fingerprint density at radius 1 is 1.56 bits per heavy atom. The van der Waals surface area contributed by atoms with Crippen molar-refractivity contribution in [2.24, 2.45) is 0 Å². The van der Waals surface area contributed by atoms with Crippen molar-refractivity contribution >= 4 is 6.09 Å². The average Bonchev–Trinajstić information content (AvgIpc) is 2.44. The van der Waals surface area contributed by atoms with Gasteiger partial charge in [0.15, 0.2) is 0 Å². The normalized spacial score (nSPS) is 32.0. The van der Waals surface area contributed by atoms with E-state index in [1.165, 1.54) is 6.08 Å². The van der Waals surface area contributed by atoms with Gasteiger partial charge in [-0.2, -0.15) is 0 Å². The van der Waals surface area contributed by atoms with Crippen LogP contribution in [-0.4, -0.2) is 41.3 Å². The van der Waals surface area contributed by atoms with E-state index in [0.29, 0.717) is 12.9 Å². The maximum atomic E-state index is 12.6. The van der Waals surface area contributed by atoms with Gasteiger partial charge in [-0.05, 0) is 39.7 Å². The van der Waals surface area contributed by atoms with Gasteiger partial charge < -0.3 is 10.1 Å².